The molecule has 0 radical (unpaired) electrons. The minimum atomic E-state index is 0.198. The monoisotopic (exact) mass is 289 g/mol. The number of benzene rings is 1. The molecule has 0 saturated carbocycles. The van der Waals surface area contributed by atoms with Crippen LogP contribution in [0.3, 0.4) is 0 Å². The Morgan fingerprint density at radius 3 is 2.70 bits per heavy atom. The minimum absolute atomic E-state index is 0.198. The van der Waals surface area contributed by atoms with Crippen LogP contribution < -0.4 is 10.6 Å². The van der Waals surface area contributed by atoms with E-state index >= 15 is 0 Å². The highest BCUT2D eigenvalue weighted by atomic mass is 35.5. The maximum atomic E-state index is 6.06. The molecular weight excluding hydrogens is 270 g/mol. The summed E-state index contributed by atoms with van der Waals surface area (Å²) in [4.78, 5) is 6.68. The van der Waals surface area contributed by atoms with Crippen LogP contribution in [0.5, 0.6) is 0 Å². The van der Waals surface area contributed by atoms with Gasteiger partial charge in [0.1, 0.15) is 5.82 Å². The van der Waals surface area contributed by atoms with Gasteiger partial charge >= 0.3 is 0 Å². The quantitative estimate of drug-likeness (QED) is 0.933. The van der Waals surface area contributed by atoms with Gasteiger partial charge in [0.2, 0.25) is 0 Å². The van der Waals surface area contributed by atoms with Gasteiger partial charge in [-0.15, -0.1) is 0 Å². The Hall–Kier alpha value is -1.58. The maximum absolute atomic E-state index is 6.06. The van der Waals surface area contributed by atoms with Crippen molar-refractivity contribution in [3.8, 4) is 0 Å². The first kappa shape index (κ1) is 14.8. The van der Waals surface area contributed by atoms with Crippen molar-refractivity contribution in [1.29, 1.82) is 0 Å². The molecule has 0 aliphatic carbocycles. The van der Waals surface area contributed by atoms with E-state index in [0.717, 1.165) is 22.0 Å². The van der Waals surface area contributed by atoms with Gasteiger partial charge in [-0.2, -0.15) is 0 Å². The lowest BCUT2D eigenvalue weighted by Crippen LogP contribution is -2.23. The van der Waals surface area contributed by atoms with E-state index in [2.05, 4.69) is 35.9 Å². The average Bonchev–Trinajstić information content (AvgIpc) is 2.45. The molecule has 3 nitrogen and oxygen atoms in total. The summed E-state index contributed by atoms with van der Waals surface area (Å²) in [5.41, 5.74) is 8.99. The van der Waals surface area contributed by atoms with E-state index in [1.807, 2.05) is 31.4 Å². The van der Waals surface area contributed by atoms with Crippen LogP contribution in [0, 0.1) is 6.92 Å². The third-order valence-corrected chi connectivity index (χ3v) is 3.82. The summed E-state index contributed by atoms with van der Waals surface area (Å²) < 4.78 is 0. The summed E-state index contributed by atoms with van der Waals surface area (Å²) in [6, 6.07) is 10.2. The van der Waals surface area contributed by atoms with Crippen molar-refractivity contribution in [3.05, 3.63) is 58.2 Å². The lowest BCUT2D eigenvalue weighted by molar-refractivity contribution is 0.725. The molecular formula is C16H20ClN3. The first-order valence-corrected chi connectivity index (χ1v) is 7.04. The van der Waals surface area contributed by atoms with Gasteiger partial charge in [-0.25, -0.2) is 4.98 Å². The molecule has 1 aromatic heterocycles. The van der Waals surface area contributed by atoms with Crippen molar-refractivity contribution in [2.45, 2.75) is 26.4 Å². The molecule has 0 saturated heterocycles. The van der Waals surface area contributed by atoms with Crippen LogP contribution in [0.15, 0.2) is 36.5 Å². The van der Waals surface area contributed by atoms with E-state index in [1.54, 1.807) is 0 Å². The fourth-order valence-corrected chi connectivity index (χ4v) is 2.48. The average molecular weight is 290 g/mol. The lowest BCUT2D eigenvalue weighted by atomic mass is 10.1. The molecule has 2 aromatic rings. The topological polar surface area (TPSA) is 42.1 Å². The van der Waals surface area contributed by atoms with Gasteiger partial charge in [-0.3, -0.25) is 0 Å². The Labute approximate surface area is 125 Å². The summed E-state index contributed by atoms with van der Waals surface area (Å²) in [5, 5.41) is 0.755. The molecule has 0 amide bonds. The summed E-state index contributed by atoms with van der Waals surface area (Å²) >= 11 is 6.06. The molecule has 4 heteroatoms. The highest BCUT2D eigenvalue weighted by Crippen LogP contribution is 2.27. The van der Waals surface area contributed by atoms with Gasteiger partial charge in [-0.1, -0.05) is 23.7 Å². The molecule has 0 aliphatic heterocycles. The normalized spacial score (nSPS) is 12.2. The highest BCUT2D eigenvalue weighted by Gasteiger charge is 2.15. The van der Waals surface area contributed by atoms with Crippen LogP contribution >= 0.6 is 11.6 Å². The lowest BCUT2D eigenvalue weighted by Gasteiger charge is -2.28. The van der Waals surface area contributed by atoms with Gasteiger partial charge in [0.15, 0.2) is 0 Å². The molecule has 2 rings (SSSR count). The maximum Gasteiger partial charge on any atom is 0.131 e. The summed E-state index contributed by atoms with van der Waals surface area (Å²) in [6.45, 7) is 4.72. The highest BCUT2D eigenvalue weighted by molar-refractivity contribution is 6.30. The number of hydrogen-bond acceptors (Lipinski definition) is 3. The van der Waals surface area contributed by atoms with Crippen molar-refractivity contribution in [2.75, 3.05) is 11.9 Å². The smallest absolute Gasteiger partial charge is 0.131 e. The van der Waals surface area contributed by atoms with E-state index in [1.165, 1.54) is 5.56 Å². The van der Waals surface area contributed by atoms with E-state index in [-0.39, 0.29) is 6.04 Å². The summed E-state index contributed by atoms with van der Waals surface area (Å²) in [6.07, 6.45) is 1.84. The molecule has 0 spiro atoms. The Balaban J connectivity index is 2.28. The van der Waals surface area contributed by atoms with Crippen molar-refractivity contribution >= 4 is 17.4 Å². The Morgan fingerprint density at radius 2 is 2.10 bits per heavy atom. The molecule has 0 fully saturated rings. The third-order valence-electron chi connectivity index (χ3n) is 3.59. The van der Waals surface area contributed by atoms with Crippen LogP contribution in [0.2, 0.25) is 5.02 Å². The van der Waals surface area contributed by atoms with Gasteiger partial charge in [0.05, 0.1) is 6.04 Å². The van der Waals surface area contributed by atoms with Crippen molar-refractivity contribution < 1.29 is 0 Å². The number of halogens is 1. The van der Waals surface area contributed by atoms with Crippen molar-refractivity contribution in [2.24, 2.45) is 5.73 Å². The molecule has 106 valence electrons. The zero-order valence-corrected chi connectivity index (χ0v) is 12.9. The van der Waals surface area contributed by atoms with Crippen molar-refractivity contribution in [3.63, 3.8) is 0 Å². The number of pyridine rings is 1. The first-order chi connectivity index (χ1) is 9.52. The Kier molecular flexibility index (Phi) is 4.63. The first-order valence-electron chi connectivity index (χ1n) is 6.67. The van der Waals surface area contributed by atoms with E-state index in [9.17, 15) is 0 Å². The van der Waals surface area contributed by atoms with Gasteiger partial charge in [0.25, 0.3) is 0 Å². The SMILES string of the molecule is Cc1cc(CN)cnc1N(C)C(C)c1cccc(Cl)c1. The van der Waals surface area contributed by atoms with Gasteiger partial charge < -0.3 is 10.6 Å². The van der Waals surface area contributed by atoms with Crippen molar-refractivity contribution in [1.82, 2.24) is 4.98 Å². The molecule has 1 unspecified atom stereocenters. The fourth-order valence-electron chi connectivity index (χ4n) is 2.28. The summed E-state index contributed by atoms with van der Waals surface area (Å²) in [7, 11) is 2.04. The van der Waals surface area contributed by atoms with Crippen LogP contribution in [-0.4, -0.2) is 12.0 Å². The molecule has 1 aromatic carbocycles. The number of anilines is 1. The molecule has 2 N–H and O–H groups in total. The van der Waals surface area contributed by atoms with E-state index in [0.29, 0.717) is 6.54 Å². The van der Waals surface area contributed by atoms with E-state index in [4.69, 9.17) is 17.3 Å². The predicted octanol–water partition coefficient (Wildman–Crippen LogP) is 3.70. The molecule has 1 heterocycles. The van der Waals surface area contributed by atoms with Crippen LogP contribution in [0.1, 0.15) is 29.7 Å². The van der Waals surface area contributed by atoms with Crippen LogP contribution in [0.4, 0.5) is 5.82 Å². The predicted molar refractivity (Wildman–Crippen MR) is 85.1 cm³/mol. The zero-order chi connectivity index (χ0) is 14.7. The Morgan fingerprint density at radius 1 is 1.35 bits per heavy atom. The second-order valence-electron chi connectivity index (χ2n) is 5.03. The van der Waals surface area contributed by atoms with Crippen LogP contribution in [-0.2, 0) is 6.54 Å². The second-order valence-corrected chi connectivity index (χ2v) is 5.47. The largest absolute Gasteiger partial charge is 0.353 e. The zero-order valence-electron chi connectivity index (χ0n) is 12.1. The summed E-state index contributed by atoms with van der Waals surface area (Å²) in [5.74, 6) is 0.967. The number of aryl methyl sites for hydroxylation is 1. The molecule has 1 atom stereocenters. The van der Waals surface area contributed by atoms with E-state index < -0.39 is 0 Å². The van der Waals surface area contributed by atoms with Gasteiger partial charge in [0, 0.05) is 24.8 Å². The molecule has 0 bridgehead atoms. The third kappa shape index (κ3) is 3.11. The number of rotatable bonds is 4. The van der Waals surface area contributed by atoms with Gasteiger partial charge in [-0.05, 0) is 48.7 Å². The number of nitrogens with zero attached hydrogens (tertiary/aromatic N) is 2. The Bertz CT molecular complexity index is 598. The minimum Gasteiger partial charge on any atom is -0.353 e. The number of aromatic nitrogens is 1. The van der Waals surface area contributed by atoms with Crippen LogP contribution in [0.25, 0.3) is 0 Å². The molecule has 20 heavy (non-hydrogen) atoms. The standard InChI is InChI=1S/C16H20ClN3/c1-11-7-13(9-18)10-19-16(11)20(3)12(2)14-5-4-6-15(17)8-14/h4-8,10,12H,9,18H2,1-3H3. The second kappa shape index (κ2) is 6.25. The number of hydrogen-bond donors (Lipinski definition) is 1. The molecule has 0 aliphatic rings. The number of nitrogens with two attached hydrogens (primary N) is 1. The fraction of sp³-hybridized carbons (Fsp3) is 0.312.